The average Bonchev–Trinajstić information content (AvgIpc) is 2.68. The van der Waals surface area contributed by atoms with Crippen molar-refractivity contribution >= 4 is 12.0 Å². The van der Waals surface area contributed by atoms with Crippen LogP contribution >= 0.6 is 0 Å². The standard InChI is InChI=1S/C21H22N4O2/c1-3-11-27-18-10-9-17(20(26)12-18)14-22-25-21-13-19(23-15(2)24-21)16-7-5-4-6-8-16/h4-10,12-14,26H,3,11H2,1-2H3,(H,23,24,25)/b22-14+. The van der Waals surface area contributed by atoms with E-state index in [1.807, 2.05) is 50.2 Å². The molecule has 0 spiro atoms. The van der Waals surface area contributed by atoms with E-state index >= 15 is 0 Å². The molecular formula is C21H22N4O2. The van der Waals surface area contributed by atoms with Gasteiger partial charge in [-0.1, -0.05) is 37.3 Å². The van der Waals surface area contributed by atoms with Gasteiger partial charge in [-0.3, -0.25) is 5.43 Å². The van der Waals surface area contributed by atoms with Gasteiger partial charge >= 0.3 is 0 Å². The number of anilines is 1. The molecule has 0 aliphatic rings. The summed E-state index contributed by atoms with van der Waals surface area (Å²) in [5.41, 5.74) is 5.31. The second-order valence-electron chi connectivity index (χ2n) is 5.99. The van der Waals surface area contributed by atoms with Gasteiger partial charge in [0.05, 0.1) is 18.5 Å². The molecule has 138 valence electrons. The highest BCUT2D eigenvalue weighted by atomic mass is 16.5. The zero-order valence-corrected chi connectivity index (χ0v) is 15.4. The fourth-order valence-electron chi connectivity index (χ4n) is 2.49. The molecule has 3 aromatic rings. The Bertz CT molecular complexity index is 927. The first-order valence-corrected chi connectivity index (χ1v) is 8.81. The Hall–Kier alpha value is -3.41. The fraction of sp³-hybridized carbons (Fsp3) is 0.190. The summed E-state index contributed by atoms with van der Waals surface area (Å²) >= 11 is 0. The molecule has 27 heavy (non-hydrogen) atoms. The van der Waals surface area contributed by atoms with E-state index in [9.17, 15) is 5.11 Å². The highest BCUT2D eigenvalue weighted by Crippen LogP contribution is 2.23. The van der Waals surface area contributed by atoms with Gasteiger partial charge in [-0.05, 0) is 25.5 Å². The highest BCUT2D eigenvalue weighted by Gasteiger charge is 2.04. The predicted molar refractivity (Wildman–Crippen MR) is 107 cm³/mol. The minimum atomic E-state index is 0.109. The fourth-order valence-corrected chi connectivity index (χ4v) is 2.49. The lowest BCUT2D eigenvalue weighted by Gasteiger charge is -2.07. The van der Waals surface area contributed by atoms with E-state index in [1.54, 1.807) is 24.4 Å². The number of aromatic hydroxyl groups is 1. The molecular weight excluding hydrogens is 340 g/mol. The number of aryl methyl sites for hydroxylation is 1. The van der Waals surface area contributed by atoms with E-state index < -0.39 is 0 Å². The minimum absolute atomic E-state index is 0.109. The van der Waals surface area contributed by atoms with E-state index in [1.165, 1.54) is 0 Å². The predicted octanol–water partition coefficient (Wildman–Crippen LogP) is 4.39. The third kappa shape index (κ3) is 5.04. The van der Waals surface area contributed by atoms with Crippen LogP contribution in [-0.2, 0) is 0 Å². The number of ether oxygens (including phenoxy) is 1. The quantitative estimate of drug-likeness (QED) is 0.481. The van der Waals surface area contributed by atoms with Crippen molar-refractivity contribution in [3.8, 4) is 22.8 Å². The molecule has 0 aliphatic heterocycles. The Balaban J connectivity index is 1.72. The van der Waals surface area contributed by atoms with Crippen LogP contribution in [-0.4, -0.2) is 27.9 Å². The Morgan fingerprint density at radius 2 is 1.93 bits per heavy atom. The summed E-state index contributed by atoms with van der Waals surface area (Å²) in [6.45, 7) is 4.48. The minimum Gasteiger partial charge on any atom is -0.507 e. The van der Waals surface area contributed by atoms with Gasteiger partial charge in [0.15, 0.2) is 0 Å². The summed E-state index contributed by atoms with van der Waals surface area (Å²) in [5.74, 6) is 1.98. The van der Waals surface area contributed by atoms with E-state index in [4.69, 9.17) is 4.74 Å². The zero-order valence-electron chi connectivity index (χ0n) is 15.4. The summed E-state index contributed by atoms with van der Waals surface area (Å²) < 4.78 is 5.50. The first-order chi connectivity index (χ1) is 13.2. The van der Waals surface area contributed by atoms with Gasteiger partial charge in [-0.2, -0.15) is 5.10 Å². The van der Waals surface area contributed by atoms with Crippen LogP contribution in [0.5, 0.6) is 11.5 Å². The Labute approximate surface area is 158 Å². The molecule has 0 amide bonds. The van der Waals surface area contributed by atoms with Gasteiger partial charge in [0, 0.05) is 23.3 Å². The number of phenols is 1. The van der Waals surface area contributed by atoms with Crippen molar-refractivity contribution in [1.82, 2.24) is 9.97 Å². The van der Waals surface area contributed by atoms with Crippen molar-refractivity contribution in [2.75, 3.05) is 12.0 Å². The van der Waals surface area contributed by atoms with Crippen LogP contribution in [0.1, 0.15) is 24.7 Å². The molecule has 0 aliphatic carbocycles. The van der Waals surface area contributed by atoms with Crippen molar-refractivity contribution in [3.05, 3.63) is 66.0 Å². The smallest absolute Gasteiger partial charge is 0.150 e. The molecule has 0 atom stereocenters. The molecule has 0 saturated carbocycles. The lowest BCUT2D eigenvalue weighted by atomic mass is 10.1. The molecule has 6 heteroatoms. The number of nitrogens with zero attached hydrogens (tertiary/aromatic N) is 3. The Kier molecular flexibility index (Phi) is 5.99. The molecule has 6 nitrogen and oxygen atoms in total. The second kappa shape index (κ2) is 8.80. The van der Waals surface area contributed by atoms with E-state index in [-0.39, 0.29) is 5.75 Å². The van der Waals surface area contributed by atoms with Crippen molar-refractivity contribution < 1.29 is 9.84 Å². The molecule has 1 aromatic heterocycles. The maximum atomic E-state index is 10.1. The SMILES string of the molecule is CCCOc1ccc(/C=N/Nc2cc(-c3ccccc3)nc(C)n2)c(O)c1. The van der Waals surface area contributed by atoms with Crippen LogP contribution in [0.4, 0.5) is 5.82 Å². The average molecular weight is 362 g/mol. The van der Waals surface area contributed by atoms with Crippen molar-refractivity contribution in [2.45, 2.75) is 20.3 Å². The Morgan fingerprint density at radius 3 is 2.67 bits per heavy atom. The van der Waals surface area contributed by atoms with Gasteiger partial charge < -0.3 is 9.84 Å². The lowest BCUT2D eigenvalue weighted by Crippen LogP contribution is -1.99. The molecule has 0 unspecified atom stereocenters. The van der Waals surface area contributed by atoms with Crippen LogP contribution in [0.25, 0.3) is 11.3 Å². The number of hydrogen-bond acceptors (Lipinski definition) is 6. The molecule has 0 bridgehead atoms. The molecule has 2 N–H and O–H groups in total. The van der Waals surface area contributed by atoms with Crippen LogP contribution in [0.2, 0.25) is 0 Å². The first-order valence-electron chi connectivity index (χ1n) is 8.81. The Morgan fingerprint density at radius 1 is 1.11 bits per heavy atom. The number of aromatic nitrogens is 2. The number of phenolic OH excluding ortho intramolecular Hbond substituents is 1. The van der Waals surface area contributed by atoms with E-state index in [2.05, 4.69) is 20.5 Å². The third-order valence-electron chi connectivity index (χ3n) is 3.76. The zero-order chi connectivity index (χ0) is 19.1. The highest BCUT2D eigenvalue weighted by molar-refractivity contribution is 5.84. The van der Waals surface area contributed by atoms with E-state index in [0.29, 0.717) is 29.6 Å². The summed E-state index contributed by atoms with van der Waals surface area (Å²) in [5, 5.41) is 14.3. The lowest BCUT2D eigenvalue weighted by molar-refractivity contribution is 0.315. The number of nitrogens with one attached hydrogen (secondary N) is 1. The maximum Gasteiger partial charge on any atom is 0.150 e. The van der Waals surface area contributed by atoms with Gasteiger partial charge in [0.25, 0.3) is 0 Å². The maximum absolute atomic E-state index is 10.1. The number of hydrazone groups is 1. The second-order valence-corrected chi connectivity index (χ2v) is 5.99. The topological polar surface area (TPSA) is 79.6 Å². The molecule has 2 aromatic carbocycles. The van der Waals surface area contributed by atoms with Gasteiger partial charge in [-0.15, -0.1) is 0 Å². The van der Waals surface area contributed by atoms with Crippen molar-refractivity contribution in [2.24, 2.45) is 5.10 Å². The molecule has 3 rings (SSSR count). The third-order valence-corrected chi connectivity index (χ3v) is 3.76. The monoisotopic (exact) mass is 362 g/mol. The van der Waals surface area contributed by atoms with Crippen LogP contribution in [0, 0.1) is 6.92 Å². The summed E-state index contributed by atoms with van der Waals surface area (Å²) in [7, 11) is 0. The van der Waals surface area contributed by atoms with Gasteiger partial charge in [-0.25, -0.2) is 9.97 Å². The van der Waals surface area contributed by atoms with Crippen molar-refractivity contribution in [3.63, 3.8) is 0 Å². The number of rotatable bonds is 7. The first kappa shape index (κ1) is 18.4. The van der Waals surface area contributed by atoms with Crippen LogP contribution < -0.4 is 10.2 Å². The van der Waals surface area contributed by atoms with Gasteiger partial charge in [0.1, 0.15) is 23.1 Å². The van der Waals surface area contributed by atoms with E-state index in [0.717, 1.165) is 17.7 Å². The van der Waals surface area contributed by atoms with Crippen LogP contribution in [0.15, 0.2) is 59.7 Å². The molecule has 0 saturated heterocycles. The molecule has 0 radical (unpaired) electrons. The summed E-state index contributed by atoms with van der Waals surface area (Å²) in [4.78, 5) is 8.80. The van der Waals surface area contributed by atoms with Crippen molar-refractivity contribution in [1.29, 1.82) is 0 Å². The molecule has 1 heterocycles. The summed E-state index contributed by atoms with van der Waals surface area (Å²) in [6, 6.07) is 16.9. The number of benzene rings is 2. The molecule has 0 fully saturated rings. The number of hydrogen-bond donors (Lipinski definition) is 2. The summed E-state index contributed by atoms with van der Waals surface area (Å²) in [6.07, 6.45) is 2.45. The van der Waals surface area contributed by atoms with Crippen LogP contribution in [0.3, 0.4) is 0 Å². The van der Waals surface area contributed by atoms with Gasteiger partial charge in [0.2, 0.25) is 0 Å². The normalized spacial score (nSPS) is 10.9. The largest absolute Gasteiger partial charge is 0.507 e.